The Morgan fingerprint density at radius 2 is 1.96 bits per heavy atom. The molecule has 2 heterocycles. The van der Waals surface area contributed by atoms with E-state index in [0.717, 1.165) is 25.3 Å². The second-order valence-corrected chi connectivity index (χ2v) is 8.52. The quantitative estimate of drug-likeness (QED) is 0.602. The smallest absolute Gasteiger partial charge is 0.326 e. The second kappa shape index (κ2) is 7.31. The first-order valence-corrected chi connectivity index (χ1v) is 10.1. The Bertz CT molecular complexity index is 863. The zero-order valence-electron chi connectivity index (χ0n) is 14.5. The number of aliphatic carboxylic acids is 1. The number of hydrogen-bond donors (Lipinski definition) is 3. The summed E-state index contributed by atoms with van der Waals surface area (Å²) < 4.78 is 31.3. The fourth-order valence-corrected chi connectivity index (χ4v) is 4.84. The normalized spacial score (nSPS) is 25.2. The molecule has 2 amide bonds. The fraction of sp³-hybridized carbons (Fsp3) is 0.562. The Hall–Kier alpha value is -2.40. The predicted octanol–water partition coefficient (Wildman–Crippen LogP) is -0.0989. The number of hydrogen-bond acceptors (Lipinski definition) is 6. The van der Waals surface area contributed by atoms with Crippen LogP contribution in [0.1, 0.15) is 42.7 Å². The van der Waals surface area contributed by atoms with Gasteiger partial charge in [-0.3, -0.25) is 9.59 Å². The molecule has 11 heteroatoms. The molecule has 0 bridgehead atoms. The monoisotopic (exact) mass is 399 g/mol. The summed E-state index contributed by atoms with van der Waals surface area (Å²) in [4.78, 5) is 36.6. The lowest BCUT2D eigenvalue weighted by molar-refractivity contribution is -0.141. The molecule has 2 fully saturated rings. The van der Waals surface area contributed by atoms with Crippen molar-refractivity contribution < 1.29 is 32.3 Å². The van der Waals surface area contributed by atoms with Gasteiger partial charge in [0.25, 0.3) is 15.9 Å². The minimum atomic E-state index is -4.15. The number of primary amides is 1. The summed E-state index contributed by atoms with van der Waals surface area (Å²) >= 11 is 0. The maximum absolute atomic E-state index is 12.9. The first-order valence-electron chi connectivity index (χ1n) is 8.64. The van der Waals surface area contributed by atoms with Crippen LogP contribution in [0.25, 0.3) is 0 Å². The van der Waals surface area contributed by atoms with Crippen LogP contribution in [0.2, 0.25) is 0 Å². The zero-order chi connectivity index (χ0) is 19.8. The molecule has 3 unspecified atom stereocenters. The lowest BCUT2D eigenvalue weighted by Gasteiger charge is -2.32. The number of carboxylic acids is 1. The highest BCUT2D eigenvalue weighted by Crippen LogP contribution is 2.40. The van der Waals surface area contributed by atoms with Crippen LogP contribution in [0.15, 0.2) is 21.6 Å². The van der Waals surface area contributed by atoms with Crippen molar-refractivity contribution >= 4 is 27.8 Å². The van der Waals surface area contributed by atoms with Gasteiger partial charge in [0.05, 0.1) is 6.54 Å². The minimum Gasteiger partial charge on any atom is -0.480 e. The van der Waals surface area contributed by atoms with E-state index in [0.29, 0.717) is 12.8 Å². The topological polar surface area (TPSA) is 160 Å². The van der Waals surface area contributed by atoms with Gasteiger partial charge in [0.15, 0.2) is 5.76 Å². The average Bonchev–Trinajstić information content (AvgIpc) is 3.25. The summed E-state index contributed by atoms with van der Waals surface area (Å²) in [7, 11) is -4.15. The van der Waals surface area contributed by atoms with Crippen LogP contribution >= 0.6 is 0 Å². The van der Waals surface area contributed by atoms with Crippen LogP contribution in [0.4, 0.5) is 0 Å². The third-order valence-electron chi connectivity index (χ3n) is 5.10. The van der Waals surface area contributed by atoms with E-state index in [4.69, 9.17) is 10.2 Å². The zero-order valence-corrected chi connectivity index (χ0v) is 15.3. The van der Waals surface area contributed by atoms with Crippen LogP contribution in [-0.4, -0.2) is 54.8 Å². The third-order valence-corrected chi connectivity index (χ3v) is 6.37. The van der Waals surface area contributed by atoms with E-state index in [1.807, 2.05) is 4.72 Å². The highest BCUT2D eigenvalue weighted by Gasteiger charge is 2.48. The Kier molecular flexibility index (Phi) is 5.24. The van der Waals surface area contributed by atoms with Gasteiger partial charge in [-0.25, -0.2) is 13.2 Å². The van der Waals surface area contributed by atoms with E-state index in [-0.39, 0.29) is 17.7 Å². The van der Waals surface area contributed by atoms with Crippen LogP contribution in [0.5, 0.6) is 0 Å². The SMILES string of the molecule is NC(=O)CNS(=O)(=O)c1ccc(C(=O)N2C(C(=O)O)CC3CCCCC32)o1. The number of carboxylic acid groups (broad SMARTS) is 1. The molecule has 1 aliphatic carbocycles. The number of nitrogens with one attached hydrogen (secondary N) is 1. The van der Waals surface area contributed by atoms with Gasteiger partial charge in [0, 0.05) is 6.04 Å². The maximum atomic E-state index is 12.9. The molecular weight excluding hydrogens is 378 g/mol. The Morgan fingerprint density at radius 3 is 2.63 bits per heavy atom. The van der Waals surface area contributed by atoms with Crippen LogP contribution in [0, 0.1) is 5.92 Å². The molecule has 4 N–H and O–H groups in total. The maximum Gasteiger partial charge on any atom is 0.326 e. The summed E-state index contributed by atoms with van der Waals surface area (Å²) in [6.07, 6.45) is 3.88. The number of fused-ring (bicyclic) bond motifs is 1. The molecule has 3 atom stereocenters. The van der Waals surface area contributed by atoms with Gasteiger partial charge in [-0.05, 0) is 37.3 Å². The van der Waals surface area contributed by atoms with E-state index < -0.39 is 45.5 Å². The average molecular weight is 399 g/mol. The summed E-state index contributed by atoms with van der Waals surface area (Å²) in [5.74, 6) is -2.73. The third kappa shape index (κ3) is 3.83. The Morgan fingerprint density at radius 1 is 1.26 bits per heavy atom. The molecule has 3 rings (SSSR count). The minimum absolute atomic E-state index is 0.124. The van der Waals surface area contributed by atoms with Crippen molar-refractivity contribution in [2.75, 3.05) is 6.54 Å². The summed E-state index contributed by atoms with van der Waals surface area (Å²) in [6.45, 7) is -0.608. The predicted molar refractivity (Wildman–Crippen MR) is 91.0 cm³/mol. The number of carbonyl (C=O) groups is 3. The van der Waals surface area contributed by atoms with Crippen molar-refractivity contribution in [2.45, 2.75) is 49.3 Å². The summed E-state index contributed by atoms with van der Waals surface area (Å²) in [6, 6.07) is 1.13. The van der Waals surface area contributed by atoms with E-state index in [2.05, 4.69) is 0 Å². The molecular formula is C16H21N3O7S. The Labute approximate surface area is 155 Å². The molecule has 0 spiro atoms. The first kappa shape index (κ1) is 19.4. The first-order chi connectivity index (χ1) is 12.7. The van der Waals surface area contributed by atoms with Crippen molar-refractivity contribution in [3.8, 4) is 0 Å². The highest BCUT2D eigenvalue weighted by molar-refractivity contribution is 7.89. The number of rotatable bonds is 6. The van der Waals surface area contributed by atoms with Gasteiger partial charge in [-0.2, -0.15) is 4.72 Å². The van der Waals surface area contributed by atoms with Gasteiger partial charge in [0.2, 0.25) is 11.0 Å². The van der Waals surface area contributed by atoms with Gasteiger partial charge >= 0.3 is 5.97 Å². The number of sulfonamides is 1. The number of likely N-dealkylation sites (tertiary alicyclic amines) is 1. The van der Waals surface area contributed by atoms with Crippen LogP contribution in [-0.2, 0) is 19.6 Å². The summed E-state index contributed by atoms with van der Waals surface area (Å²) in [5, 5.41) is 8.97. The second-order valence-electron chi connectivity index (χ2n) is 6.82. The molecule has 1 aromatic rings. The molecule has 2 aliphatic rings. The molecule has 27 heavy (non-hydrogen) atoms. The summed E-state index contributed by atoms with van der Waals surface area (Å²) in [5.41, 5.74) is 4.91. The van der Waals surface area contributed by atoms with Gasteiger partial charge in [0.1, 0.15) is 6.04 Å². The van der Waals surface area contributed by atoms with Crippen molar-refractivity contribution in [1.82, 2.24) is 9.62 Å². The van der Waals surface area contributed by atoms with E-state index in [1.165, 1.54) is 11.0 Å². The van der Waals surface area contributed by atoms with E-state index in [9.17, 15) is 27.9 Å². The van der Waals surface area contributed by atoms with E-state index >= 15 is 0 Å². The molecule has 0 radical (unpaired) electrons. The molecule has 10 nitrogen and oxygen atoms in total. The number of nitrogens with zero attached hydrogens (tertiary/aromatic N) is 1. The highest BCUT2D eigenvalue weighted by atomic mass is 32.2. The van der Waals surface area contributed by atoms with Gasteiger partial charge in [-0.15, -0.1) is 0 Å². The van der Waals surface area contributed by atoms with Crippen LogP contribution < -0.4 is 10.5 Å². The molecule has 148 valence electrons. The largest absolute Gasteiger partial charge is 0.480 e. The number of nitrogens with two attached hydrogens (primary N) is 1. The van der Waals surface area contributed by atoms with Crippen molar-refractivity contribution in [2.24, 2.45) is 11.7 Å². The van der Waals surface area contributed by atoms with Crippen molar-refractivity contribution in [1.29, 1.82) is 0 Å². The van der Waals surface area contributed by atoms with Gasteiger partial charge in [-0.1, -0.05) is 12.8 Å². The molecule has 1 saturated heterocycles. The van der Waals surface area contributed by atoms with Crippen molar-refractivity contribution in [3.05, 3.63) is 17.9 Å². The van der Waals surface area contributed by atoms with Crippen molar-refractivity contribution in [3.63, 3.8) is 0 Å². The number of amides is 2. The number of carbonyl (C=O) groups excluding carboxylic acids is 2. The standard InChI is InChI=1S/C16H21N3O7S/c17-13(20)8-18-27(24,25)14-6-5-12(26-14)15(21)19-10-4-2-1-3-9(10)7-11(19)16(22)23/h5-6,9-11,18H,1-4,7-8H2,(H2,17,20)(H,22,23). The fourth-order valence-electron chi connectivity index (χ4n) is 3.92. The molecule has 1 aromatic heterocycles. The van der Waals surface area contributed by atoms with E-state index in [1.54, 1.807) is 0 Å². The lowest BCUT2D eigenvalue weighted by atomic mass is 9.84. The van der Waals surface area contributed by atoms with Gasteiger partial charge < -0.3 is 20.2 Å². The Balaban J connectivity index is 1.84. The lowest BCUT2D eigenvalue weighted by Crippen LogP contribution is -2.46. The molecule has 0 aromatic carbocycles. The molecule has 1 saturated carbocycles. The number of furan rings is 1. The molecule has 1 aliphatic heterocycles. The van der Waals surface area contributed by atoms with Crippen LogP contribution in [0.3, 0.4) is 0 Å².